The maximum absolute atomic E-state index is 12.4. The number of hydrogen-bond donors (Lipinski definition) is 2. The molecule has 1 saturated heterocycles. The summed E-state index contributed by atoms with van der Waals surface area (Å²) in [6.07, 6.45) is -4.71. The van der Waals surface area contributed by atoms with Gasteiger partial charge in [0, 0.05) is 36.2 Å². The average molecular weight is 482 g/mol. The predicted molar refractivity (Wildman–Crippen MR) is 124 cm³/mol. The monoisotopic (exact) mass is 482 g/mol. The van der Waals surface area contributed by atoms with Gasteiger partial charge in [0.2, 0.25) is 11.9 Å². The van der Waals surface area contributed by atoms with E-state index in [4.69, 9.17) is 4.74 Å². The molecule has 0 aliphatic carbocycles. The third-order valence-corrected chi connectivity index (χ3v) is 5.23. The number of carbonyl (C=O) groups excluding carboxylic acids is 1. The molecule has 0 atom stereocenters. The number of carbonyl (C=O) groups is 1. The molecule has 0 radical (unpaired) electrons. The number of benzene rings is 2. The summed E-state index contributed by atoms with van der Waals surface area (Å²) in [5.74, 6) is -0.905. The minimum absolute atomic E-state index is 0.00161. The number of nitrogens with one attached hydrogen (secondary N) is 2. The quantitative estimate of drug-likeness (QED) is 0.534. The molecule has 180 valence electrons. The molecule has 2 N–H and O–H groups in total. The molecule has 1 aliphatic rings. The van der Waals surface area contributed by atoms with Gasteiger partial charge in [-0.2, -0.15) is 18.4 Å². The molecule has 1 aliphatic heterocycles. The van der Waals surface area contributed by atoms with Crippen LogP contribution < -0.4 is 15.5 Å². The first-order chi connectivity index (χ1) is 16.8. The third-order valence-electron chi connectivity index (χ3n) is 5.23. The van der Waals surface area contributed by atoms with Crippen molar-refractivity contribution in [1.82, 2.24) is 9.97 Å². The van der Waals surface area contributed by atoms with Crippen LogP contribution in [0.1, 0.15) is 12.0 Å². The Morgan fingerprint density at radius 2 is 1.86 bits per heavy atom. The lowest BCUT2D eigenvalue weighted by Gasteiger charge is -2.28. The van der Waals surface area contributed by atoms with Crippen LogP contribution in [0.25, 0.3) is 11.3 Å². The van der Waals surface area contributed by atoms with E-state index in [0.29, 0.717) is 30.4 Å². The number of nitriles is 1. The third kappa shape index (κ3) is 6.45. The topological polar surface area (TPSA) is 103 Å². The first-order valence-corrected chi connectivity index (χ1v) is 10.7. The van der Waals surface area contributed by atoms with E-state index in [-0.39, 0.29) is 11.3 Å². The Bertz CT molecular complexity index is 1240. The molecule has 35 heavy (non-hydrogen) atoms. The number of halogens is 3. The highest BCUT2D eigenvalue weighted by Gasteiger charge is 2.31. The lowest BCUT2D eigenvalue weighted by Crippen LogP contribution is -2.36. The fourth-order valence-electron chi connectivity index (χ4n) is 3.57. The van der Waals surface area contributed by atoms with Crippen molar-refractivity contribution >= 4 is 28.9 Å². The minimum atomic E-state index is -4.63. The minimum Gasteiger partial charge on any atom is -0.378 e. The van der Waals surface area contributed by atoms with Crippen LogP contribution >= 0.6 is 0 Å². The highest BCUT2D eigenvalue weighted by molar-refractivity contribution is 5.93. The molecule has 1 fully saturated rings. The summed E-state index contributed by atoms with van der Waals surface area (Å²) in [5.41, 5.74) is 2.95. The second-order valence-corrected chi connectivity index (χ2v) is 7.75. The standard InChI is InChI=1S/C24H21F3N6O2/c25-24(26,27)14-22(34)31-20-6-1-16(13-17(20)15-28)21-7-8-29-23(32-21)30-18-2-4-19(5-3-18)33-9-11-35-12-10-33/h1-8,13H,9-12,14H2,(H,31,34)(H,29,30,32). The average Bonchev–Trinajstić information content (AvgIpc) is 2.84. The number of morpholine rings is 1. The van der Waals surface area contributed by atoms with Gasteiger partial charge in [-0.05, 0) is 42.5 Å². The molecule has 8 nitrogen and oxygen atoms in total. The maximum atomic E-state index is 12.4. The SMILES string of the molecule is N#Cc1cc(-c2ccnc(Nc3ccc(N4CCOCC4)cc3)n2)ccc1NC(=O)CC(F)(F)F. The van der Waals surface area contributed by atoms with E-state index < -0.39 is 18.5 Å². The van der Waals surface area contributed by atoms with Crippen LogP contribution in [0.5, 0.6) is 0 Å². The van der Waals surface area contributed by atoms with Crippen molar-refractivity contribution in [3.63, 3.8) is 0 Å². The van der Waals surface area contributed by atoms with Crippen molar-refractivity contribution in [2.75, 3.05) is 41.8 Å². The summed E-state index contributed by atoms with van der Waals surface area (Å²) in [6, 6.07) is 15.8. The summed E-state index contributed by atoms with van der Waals surface area (Å²) in [7, 11) is 0. The Morgan fingerprint density at radius 3 is 2.54 bits per heavy atom. The van der Waals surface area contributed by atoms with Crippen LogP contribution in [0.4, 0.5) is 36.2 Å². The first-order valence-electron chi connectivity index (χ1n) is 10.7. The molecule has 1 aromatic heterocycles. The number of anilines is 4. The summed E-state index contributed by atoms with van der Waals surface area (Å²) in [4.78, 5) is 22.5. The fraction of sp³-hybridized carbons (Fsp3) is 0.250. The van der Waals surface area contributed by atoms with Crippen LogP contribution in [0.15, 0.2) is 54.7 Å². The highest BCUT2D eigenvalue weighted by Crippen LogP contribution is 2.27. The number of hydrogen-bond acceptors (Lipinski definition) is 7. The summed E-state index contributed by atoms with van der Waals surface area (Å²) in [5, 5.41) is 14.7. The Balaban J connectivity index is 1.47. The van der Waals surface area contributed by atoms with Gasteiger partial charge in [0.25, 0.3) is 0 Å². The van der Waals surface area contributed by atoms with Crippen LogP contribution in [-0.4, -0.2) is 48.4 Å². The first kappa shape index (κ1) is 24.0. The lowest BCUT2D eigenvalue weighted by molar-refractivity contribution is -0.150. The van der Waals surface area contributed by atoms with Gasteiger partial charge in [0.05, 0.1) is 30.2 Å². The lowest BCUT2D eigenvalue weighted by atomic mass is 10.1. The normalized spacial score (nSPS) is 13.7. The van der Waals surface area contributed by atoms with Crippen LogP contribution in [-0.2, 0) is 9.53 Å². The summed E-state index contributed by atoms with van der Waals surface area (Å²) < 4.78 is 42.6. The Kier molecular flexibility index (Phi) is 7.12. The van der Waals surface area contributed by atoms with Gasteiger partial charge in [-0.25, -0.2) is 9.97 Å². The Hall–Kier alpha value is -4.17. The zero-order valence-corrected chi connectivity index (χ0v) is 18.5. The number of ether oxygens (including phenoxy) is 1. The van der Waals surface area contributed by atoms with Crippen LogP contribution in [0.2, 0.25) is 0 Å². The van der Waals surface area contributed by atoms with Gasteiger partial charge < -0.3 is 20.3 Å². The molecule has 1 amide bonds. The van der Waals surface area contributed by atoms with Gasteiger partial charge in [0.15, 0.2) is 0 Å². The van der Waals surface area contributed by atoms with Gasteiger partial charge in [-0.1, -0.05) is 6.07 Å². The van der Waals surface area contributed by atoms with Crippen molar-refractivity contribution < 1.29 is 22.7 Å². The van der Waals surface area contributed by atoms with Crippen molar-refractivity contribution in [2.24, 2.45) is 0 Å². The molecule has 4 rings (SSSR count). The zero-order valence-electron chi connectivity index (χ0n) is 18.5. The smallest absolute Gasteiger partial charge is 0.378 e. The summed E-state index contributed by atoms with van der Waals surface area (Å²) in [6.45, 7) is 3.09. The second kappa shape index (κ2) is 10.4. The zero-order chi connectivity index (χ0) is 24.8. The molecule has 2 heterocycles. The van der Waals surface area contributed by atoms with E-state index in [1.807, 2.05) is 30.3 Å². The molecular formula is C24H21F3N6O2. The van der Waals surface area contributed by atoms with E-state index in [1.54, 1.807) is 18.3 Å². The van der Waals surface area contributed by atoms with Crippen molar-refractivity contribution in [3.8, 4) is 17.3 Å². The second-order valence-electron chi connectivity index (χ2n) is 7.75. The highest BCUT2D eigenvalue weighted by atomic mass is 19.4. The molecule has 0 bridgehead atoms. The van der Waals surface area contributed by atoms with E-state index >= 15 is 0 Å². The maximum Gasteiger partial charge on any atom is 0.397 e. The number of amides is 1. The number of aromatic nitrogens is 2. The van der Waals surface area contributed by atoms with Gasteiger partial charge >= 0.3 is 6.18 Å². The van der Waals surface area contributed by atoms with Crippen molar-refractivity contribution in [1.29, 1.82) is 5.26 Å². The molecule has 0 spiro atoms. The number of alkyl halides is 3. The van der Waals surface area contributed by atoms with Crippen molar-refractivity contribution in [3.05, 3.63) is 60.3 Å². The van der Waals surface area contributed by atoms with E-state index in [2.05, 4.69) is 25.5 Å². The van der Waals surface area contributed by atoms with Gasteiger partial charge in [-0.3, -0.25) is 4.79 Å². The van der Waals surface area contributed by atoms with Crippen LogP contribution in [0, 0.1) is 11.3 Å². The van der Waals surface area contributed by atoms with E-state index in [9.17, 15) is 23.2 Å². The van der Waals surface area contributed by atoms with Crippen molar-refractivity contribution in [2.45, 2.75) is 12.6 Å². The Labute approximate surface area is 199 Å². The van der Waals surface area contributed by atoms with E-state index in [1.165, 1.54) is 12.1 Å². The molecule has 0 unspecified atom stereocenters. The molecule has 2 aromatic carbocycles. The molecule has 11 heteroatoms. The van der Waals surface area contributed by atoms with Crippen LogP contribution in [0.3, 0.4) is 0 Å². The van der Waals surface area contributed by atoms with Gasteiger partial charge in [-0.15, -0.1) is 0 Å². The molecule has 0 saturated carbocycles. The van der Waals surface area contributed by atoms with E-state index in [0.717, 1.165) is 24.5 Å². The number of rotatable bonds is 6. The fourth-order valence-corrected chi connectivity index (χ4v) is 3.57. The summed E-state index contributed by atoms with van der Waals surface area (Å²) >= 11 is 0. The number of nitrogens with zero attached hydrogens (tertiary/aromatic N) is 4. The largest absolute Gasteiger partial charge is 0.397 e. The molecular weight excluding hydrogens is 461 g/mol. The molecule has 3 aromatic rings. The predicted octanol–water partition coefficient (Wildman–Crippen LogP) is 4.49. The Morgan fingerprint density at radius 1 is 1.11 bits per heavy atom. The van der Waals surface area contributed by atoms with Gasteiger partial charge in [0.1, 0.15) is 12.5 Å².